The maximum absolute atomic E-state index is 13.2. The van der Waals surface area contributed by atoms with Gasteiger partial charge in [0.2, 0.25) is 0 Å². The maximum Gasteiger partial charge on any atom is 0.408 e. The van der Waals surface area contributed by atoms with Crippen LogP contribution in [0.5, 0.6) is 0 Å². The molecule has 116 valence electrons. The third-order valence-electron chi connectivity index (χ3n) is 2.67. The number of nitrogen functional groups attached to an aromatic ring is 1. The molecule has 2 N–H and O–H groups in total. The van der Waals surface area contributed by atoms with Crippen LogP contribution in [0.2, 0.25) is 0 Å². The van der Waals surface area contributed by atoms with Gasteiger partial charge in [-0.3, -0.25) is 4.68 Å². The third kappa shape index (κ3) is 3.48. The second-order valence-electron chi connectivity index (χ2n) is 4.26. The summed E-state index contributed by atoms with van der Waals surface area (Å²) in [6.07, 6.45) is -2.15. The summed E-state index contributed by atoms with van der Waals surface area (Å²) in [7, 11) is 1.36. The third-order valence-corrected chi connectivity index (χ3v) is 2.67. The van der Waals surface area contributed by atoms with E-state index in [1.54, 1.807) is 0 Å². The fraction of sp³-hybridized carbons (Fsp3) is 0.500. The van der Waals surface area contributed by atoms with E-state index in [4.69, 9.17) is 10.5 Å². The van der Waals surface area contributed by atoms with Crippen molar-refractivity contribution in [2.24, 2.45) is 0 Å². The highest BCUT2D eigenvalue weighted by atomic mass is 19.4. The van der Waals surface area contributed by atoms with Crippen LogP contribution in [0, 0.1) is 5.95 Å². The van der Waals surface area contributed by atoms with Crippen LogP contribution < -0.4 is 5.73 Å². The van der Waals surface area contributed by atoms with E-state index >= 15 is 0 Å². The zero-order valence-corrected chi connectivity index (χ0v) is 10.9. The standard InChI is InChI=1S/C10H12F4N6O/c1-21-4-8(19-3-6(15)9(11)17-19)7-2-16-18-20(7)5-10(12,13)14/h2-3,8H,4-5,15H2,1H3. The number of anilines is 1. The van der Waals surface area contributed by atoms with Crippen LogP contribution in [0.4, 0.5) is 23.2 Å². The fourth-order valence-electron chi connectivity index (χ4n) is 1.81. The molecule has 2 aromatic heterocycles. The number of halogens is 4. The van der Waals surface area contributed by atoms with E-state index in [-0.39, 0.29) is 18.0 Å². The molecule has 0 bridgehead atoms. The second-order valence-corrected chi connectivity index (χ2v) is 4.26. The highest BCUT2D eigenvalue weighted by Crippen LogP contribution is 2.23. The van der Waals surface area contributed by atoms with Gasteiger partial charge in [0, 0.05) is 7.11 Å². The molecule has 0 aliphatic rings. The van der Waals surface area contributed by atoms with Crippen molar-refractivity contribution in [3.05, 3.63) is 24.0 Å². The first kappa shape index (κ1) is 15.2. The predicted molar refractivity (Wildman–Crippen MR) is 62.7 cm³/mol. The van der Waals surface area contributed by atoms with E-state index in [1.165, 1.54) is 13.3 Å². The first-order valence-electron chi connectivity index (χ1n) is 5.76. The Bertz CT molecular complexity index is 587. The van der Waals surface area contributed by atoms with Crippen LogP contribution in [0.3, 0.4) is 0 Å². The molecular weight excluding hydrogens is 296 g/mol. The lowest BCUT2D eigenvalue weighted by atomic mass is 10.2. The molecule has 2 aromatic rings. The Morgan fingerprint density at radius 3 is 2.67 bits per heavy atom. The molecular formula is C10H12F4N6O. The van der Waals surface area contributed by atoms with Crippen LogP contribution in [-0.2, 0) is 11.3 Å². The monoisotopic (exact) mass is 308 g/mol. The van der Waals surface area contributed by atoms with Crippen molar-refractivity contribution in [2.45, 2.75) is 18.8 Å². The van der Waals surface area contributed by atoms with Crippen LogP contribution in [0.15, 0.2) is 12.4 Å². The Hall–Kier alpha value is -2.17. The molecule has 11 heteroatoms. The zero-order chi connectivity index (χ0) is 15.6. The Balaban J connectivity index is 2.37. The largest absolute Gasteiger partial charge is 0.408 e. The Labute approximate surface area is 116 Å². The summed E-state index contributed by atoms with van der Waals surface area (Å²) in [5.41, 5.74) is 5.21. The number of methoxy groups -OCH3 is 1. The minimum Gasteiger partial charge on any atom is -0.394 e. The molecule has 1 unspecified atom stereocenters. The van der Waals surface area contributed by atoms with Gasteiger partial charge in [0.05, 0.1) is 24.7 Å². The quantitative estimate of drug-likeness (QED) is 0.833. The normalized spacial score (nSPS) is 13.6. The van der Waals surface area contributed by atoms with E-state index in [0.717, 1.165) is 10.9 Å². The molecule has 0 aliphatic heterocycles. The molecule has 0 radical (unpaired) electrons. The van der Waals surface area contributed by atoms with Gasteiger partial charge in [-0.05, 0) is 0 Å². The lowest BCUT2D eigenvalue weighted by Crippen LogP contribution is -2.25. The highest BCUT2D eigenvalue weighted by molar-refractivity contribution is 5.33. The molecule has 21 heavy (non-hydrogen) atoms. The van der Waals surface area contributed by atoms with Crippen LogP contribution in [0.25, 0.3) is 0 Å². The number of hydrogen-bond donors (Lipinski definition) is 1. The molecule has 2 rings (SSSR count). The summed E-state index contributed by atoms with van der Waals surface area (Å²) in [5, 5.41) is 10.4. The van der Waals surface area contributed by atoms with E-state index in [1.807, 2.05) is 0 Å². The Kier molecular flexibility index (Phi) is 4.11. The van der Waals surface area contributed by atoms with E-state index in [9.17, 15) is 17.6 Å². The first-order chi connectivity index (χ1) is 9.81. The van der Waals surface area contributed by atoms with E-state index in [2.05, 4.69) is 15.4 Å². The van der Waals surface area contributed by atoms with Gasteiger partial charge in [-0.25, -0.2) is 4.68 Å². The minimum atomic E-state index is -4.46. The number of hydrogen-bond acceptors (Lipinski definition) is 5. The van der Waals surface area contributed by atoms with Crippen LogP contribution in [-0.4, -0.2) is 44.7 Å². The Morgan fingerprint density at radius 2 is 2.14 bits per heavy atom. The molecule has 2 heterocycles. The molecule has 0 spiro atoms. The molecule has 0 aromatic carbocycles. The van der Waals surface area contributed by atoms with Crippen molar-refractivity contribution < 1.29 is 22.3 Å². The first-order valence-corrected chi connectivity index (χ1v) is 5.76. The van der Waals surface area contributed by atoms with Crippen LogP contribution in [0.1, 0.15) is 11.7 Å². The molecule has 0 saturated heterocycles. The molecule has 7 nitrogen and oxygen atoms in total. The lowest BCUT2D eigenvalue weighted by molar-refractivity contribution is -0.143. The average molecular weight is 308 g/mol. The number of rotatable bonds is 5. The summed E-state index contributed by atoms with van der Waals surface area (Å²) in [6.45, 7) is -1.37. The minimum absolute atomic E-state index is 0.0498. The van der Waals surface area contributed by atoms with Crippen molar-refractivity contribution in [1.82, 2.24) is 24.8 Å². The van der Waals surface area contributed by atoms with Crippen LogP contribution >= 0.6 is 0 Å². The van der Waals surface area contributed by atoms with Gasteiger partial charge in [-0.1, -0.05) is 5.21 Å². The van der Waals surface area contributed by atoms with Crippen molar-refractivity contribution in [3.8, 4) is 0 Å². The van der Waals surface area contributed by atoms with Gasteiger partial charge in [-0.15, -0.1) is 10.2 Å². The number of alkyl halides is 3. The van der Waals surface area contributed by atoms with Crippen molar-refractivity contribution in [1.29, 1.82) is 0 Å². The maximum atomic E-state index is 13.2. The zero-order valence-electron chi connectivity index (χ0n) is 10.9. The second kappa shape index (κ2) is 5.68. The van der Waals surface area contributed by atoms with E-state index < -0.39 is 24.7 Å². The summed E-state index contributed by atoms with van der Waals surface area (Å²) in [4.78, 5) is 0. The summed E-state index contributed by atoms with van der Waals surface area (Å²) in [5.74, 6) is -0.911. The van der Waals surface area contributed by atoms with E-state index in [0.29, 0.717) is 4.68 Å². The van der Waals surface area contributed by atoms with Gasteiger partial charge in [-0.2, -0.15) is 17.6 Å². The van der Waals surface area contributed by atoms with Crippen molar-refractivity contribution in [3.63, 3.8) is 0 Å². The van der Waals surface area contributed by atoms with Crippen molar-refractivity contribution >= 4 is 5.69 Å². The number of nitrogens with two attached hydrogens (primary N) is 1. The van der Waals surface area contributed by atoms with Gasteiger partial charge >= 0.3 is 6.18 Å². The topological polar surface area (TPSA) is 83.8 Å². The van der Waals surface area contributed by atoms with Crippen molar-refractivity contribution in [2.75, 3.05) is 19.5 Å². The molecule has 0 saturated carbocycles. The SMILES string of the molecule is COCC(c1cnnn1CC(F)(F)F)n1cc(N)c(F)n1. The lowest BCUT2D eigenvalue weighted by Gasteiger charge is -2.18. The average Bonchev–Trinajstić information content (AvgIpc) is 2.93. The predicted octanol–water partition coefficient (Wildman–Crippen LogP) is 0.994. The smallest absolute Gasteiger partial charge is 0.394 e. The van der Waals surface area contributed by atoms with Gasteiger partial charge in [0.1, 0.15) is 18.3 Å². The summed E-state index contributed by atoms with van der Waals surface area (Å²) >= 11 is 0. The number of aromatic nitrogens is 5. The van der Waals surface area contributed by atoms with Gasteiger partial charge in [0.25, 0.3) is 5.95 Å². The van der Waals surface area contributed by atoms with Gasteiger partial charge < -0.3 is 10.5 Å². The van der Waals surface area contributed by atoms with Gasteiger partial charge in [0.15, 0.2) is 0 Å². The highest BCUT2D eigenvalue weighted by Gasteiger charge is 2.32. The molecule has 0 aliphatic carbocycles. The summed E-state index contributed by atoms with van der Waals surface area (Å²) < 4.78 is 57.4. The Morgan fingerprint density at radius 1 is 1.43 bits per heavy atom. The molecule has 0 fully saturated rings. The number of ether oxygens (including phenoxy) is 1. The number of nitrogens with zero attached hydrogens (tertiary/aromatic N) is 5. The fourth-order valence-corrected chi connectivity index (χ4v) is 1.81. The summed E-state index contributed by atoms with van der Waals surface area (Å²) in [6, 6.07) is -0.834. The molecule has 0 amide bonds. The molecule has 1 atom stereocenters.